The van der Waals surface area contributed by atoms with Gasteiger partial charge in [0, 0.05) is 76.3 Å². The van der Waals surface area contributed by atoms with E-state index in [9.17, 15) is 9.90 Å². The molecule has 7 rings (SSSR count). The molecule has 0 spiro atoms. The van der Waals surface area contributed by atoms with Crippen LogP contribution in [0.2, 0.25) is 0 Å². The number of aliphatic carboxylic acids is 1. The number of aromatic nitrogens is 3. The molecule has 200 valence electrons. The minimum absolute atomic E-state index is 0.0862. The highest BCUT2D eigenvalue weighted by atomic mass is 16.4. The molecule has 7 aromatic rings. The Morgan fingerprint density at radius 1 is 0.975 bits per heavy atom. The van der Waals surface area contributed by atoms with Crippen LogP contribution >= 0.6 is 0 Å². The van der Waals surface area contributed by atoms with Crippen LogP contribution in [0.25, 0.3) is 66.3 Å². The summed E-state index contributed by atoms with van der Waals surface area (Å²) in [5, 5.41) is 16.9. The van der Waals surface area contributed by atoms with Gasteiger partial charge in [-0.3, -0.25) is 9.78 Å². The molecule has 0 atom stereocenters. The standard InChI is InChI=1S/C32H28N4O4/c1-2-3-14-34-20-10-11-22-24(18-20)39-30-27(22)26-21-7-4-5-8-23(21)36(17-6-9-25(37)38)29(26)28-31(30)40-32(35-28)19-12-15-33-16-13-19/h4-5,7-8,10-13,15-16,18,34H,2-3,6,9,14,17H2,1H3,(H,37,38). The third-order valence-electron chi connectivity index (χ3n) is 7.53. The Kier molecular flexibility index (Phi) is 5.88. The van der Waals surface area contributed by atoms with E-state index in [-0.39, 0.29) is 6.42 Å². The third kappa shape index (κ3) is 3.87. The number of oxazole rings is 1. The minimum atomic E-state index is -0.807. The van der Waals surface area contributed by atoms with E-state index < -0.39 is 5.97 Å². The summed E-state index contributed by atoms with van der Waals surface area (Å²) in [6, 6.07) is 18.2. The average Bonchev–Trinajstić information content (AvgIpc) is 3.66. The minimum Gasteiger partial charge on any atom is -0.481 e. The quantitative estimate of drug-likeness (QED) is 0.182. The fourth-order valence-electron chi connectivity index (χ4n) is 5.70. The Morgan fingerprint density at radius 2 is 1.82 bits per heavy atom. The van der Waals surface area contributed by atoms with E-state index in [1.807, 2.05) is 24.3 Å². The first-order valence-electron chi connectivity index (χ1n) is 13.7. The summed E-state index contributed by atoms with van der Waals surface area (Å²) < 4.78 is 15.2. The molecule has 0 radical (unpaired) electrons. The van der Waals surface area contributed by atoms with Crippen molar-refractivity contribution in [1.29, 1.82) is 0 Å². The molecule has 0 fully saturated rings. The Morgan fingerprint density at radius 3 is 2.65 bits per heavy atom. The Labute approximate surface area is 229 Å². The van der Waals surface area contributed by atoms with Crippen LogP contribution in [-0.4, -0.2) is 32.2 Å². The van der Waals surface area contributed by atoms with E-state index >= 15 is 0 Å². The lowest BCUT2D eigenvalue weighted by molar-refractivity contribution is -0.137. The predicted octanol–water partition coefficient (Wildman–Crippen LogP) is 7.97. The normalized spacial score (nSPS) is 11.9. The van der Waals surface area contributed by atoms with Crippen LogP contribution in [0.4, 0.5) is 5.69 Å². The van der Waals surface area contributed by atoms with Gasteiger partial charge >= 0.3 is 5.97 Å². The van der Waals surface area contributed by atoms with Crippen LogP contribution in [0.3, 0.4) is 0 Å². The molecule has 0 aliphatic rings. The number of carboxylic acid groups (broad SMARTS) is 1. The van der Waals surface area contributed by atoms with E-state index in [4.69, 9.17) is 13.8 Å². The fraction of sp³-hybridized carbons (Fsp3) is 0.219. The van der Waals surface area contributed by atoms with Crippen LogP contribution in [0.5, 0.6) is 0 Å². The summed E-state index contributed by atoms with van der Waals surface area (Å²) in [5.41, 5.74) is 6.48. The number of hydrogen-bond acceptors (Lipinski definition) is 6. The number of rotatable bonds is 9. The van der Waals surface area contributed by atoms with Gasteiger partial charge in [0.2, 0.25) is 11.5 Å². The zero-order valence-corrected chi connectivity index (χ0v) is 22.1. The van der Waals surface area contributed by atoms with Gasteiger partial charge in [0.05, 0.1) is 5.52 Å². The van der Waals surface area contributed by atoms with Gasteiger partial charge < -0.3 is 23.8 Å². The second-order valence-corrected chi connectivity index (χ2v) is 10.1. The third-order valence-corrected chi connectivity index (χ3v) is 7.53. The number of fused-ring (bicyclic) bond motifs is 10. The molecule has 0 bridgehead atoms. The maximum atomic E-state index is 11.4. The average molecular weight is 533 g/mol. The number of furan rings is 1. The highest BCUT2D eigenvalue weighted by Gasteiger charge is 2.26. The molecule has 4 aromatic heterocycles. The number of nitrogens with zero attached hydrogens (tertiary/aromatic N) is 3. The molecule has 0 aliphatic carbocycles. The number of benzene rings is 3. The molecule has 8 nitrogen and oxygen atoms in total. The monoisotopic (exact) mass is 532 g/mol. The number of pyridine rings is 1. The van der Waals surface area contributed by atoms with Crippen LogP contribution in [-0.2, 0) is 11.3 Å². The fourth-order valence-corrected chi connectivity index (χ4v) is 5.70. The van der Waals surface area contributed by atoms with Crippen molar-refractivity contribution < 1.29 is 18.7 Å². The first kappa shape index (κ1) is 24.2. The van der Waals surface area contributed by atoms with Crippen LogP contribution in [0.1, 0.15) is 32.6 Å². The first-order valence-corrected chi connectivity index (χ1v) is 13.7. The summed E-state index contributed by atoms with van der Waals surface area (Å²) in [7, 11) is 0. The van der Waals surface area contributed by atoms with E-state index in [1.54, 1.807) is 12.4 Å². The number of nitrogens with one attached hydrogen (secondary N) is 1. The summed E-state index contributed by atoms with van der Waals surface area (Å²) in [5.74, 6) is -0.324. The zero-order valence-electron chi connectivity index (χ0n) is 22.1. The number of anilines is 1. The number of hydrogen-bond donors (Lipinski definition) is 2. The SMILES string of the molecule is CCCCNc1ccc2c(c1)oc1c3oc(-c4ccncc4)nc3c3c(c4ccccc4n3CCCC(=O)O)c21. The van der Waals surface area contributed by atoms with Gasteiger partial charge in [-0.25, -0.2) is 4.98 Å². The van der Waals surface area contributed by atoms with E-state index in [1.165, 1.54) is 0 Å². The van der Waals surface area contributed by atoms with Gasteiger partial charge in [-0.2, -0.15) is 0 Å². The van der Waals surface area contributed by atoms with Crippen LogP contribution < -0.4 is 5.32 Å². The molecule has 40 heavy (non-hydrogen) atoms. The lowest BCUT2D eigenvalue weighted by Gasteiger charge is -2.07. The highest BCUT2D eigenvalue weighted by Crippen LogP contribution is 2.46. The van der Waals surface area contributed by atoms with Crippen LogP contribution in [0.15, 0.2) is 75.8 Å². The van der Waals surface area contributed by atoms with Crippen molar-refractivity contribution in [2.75, 3.05) is 11.9 Å². The van der Waals surface area contributed by atoms with Gasteiger partial charge in [-0.1, -0.05) is 31.5 Å². The van der Waals surface area contributed by atoms with Crippen molar-refractivity contribution in [3.8, 4) is 11.5 Å². The number of carbonyl (C=O) groups is 1. The summed E-state index contributed by atoms with van der Waals surface area (Å²) >= 11 is 0. The molecule has 0 unspecified atom stereocenters. The molecular weight excluding hydrogens is 504 g/mol. The lowest BCUT2D eigenvalue weighted by Crippen LogP contribution is -2.02. The molecule has 0 saturated heterocycles. The van der Waals surface area contributed by atoms with Crippen LogP contribution in [0, 0.1) is 0 Å². The van der Waals surface area contributed by atoms with Gasteiger partial charge in [0.1, 0.15) is 11.1 Å². The maximum Gasteiger partial charge on any atom is 0.303 e. The first-order chi connectivity index (χ1) is 19.6. The number of unbranched alkanes of at least 4 members (excludes halogenated alkanes) is 1. The van der Waals surface area contributed by atoms with Crippen molar-refractivity contribution >= 4 is 66.5 Å². The summed E-state index contributed by atoms with van der Waals surface area (Å²) in [4.78, 5) is 20.5. The maximum absolute atomic E-state index is 11.4. The number of para-hydroxylation sites is 1. The van der Waals surface area contributed by atoms with Crippen molar-refractivity contribution in [2.45, 2.75) is 39.2 Å². The molecule has 0 saturated carbocycles. The molecule has 0 aliphatic heterocycles. The molecule has 4 heterocycles. The largest absolute Gasteiger partial charge is 0.481 e. The predicted molar refractivity (Wildman–Crippen MR) is 158 cm³/mol. The highest BCUT2D eigenvalue weighted by molar-refractivity contribution is 6.34. The Hall–Kier alpha value is -4.85. The molecular formula is C32H28N4O4. The second-order valence-electron chi connectivity index (χ2n) is 10.1. The van der Waals surface area contributed by atoms with E-state index in [2.05, 4.69) is 52.1 Å². The second kappa shape index (κ2) is 9.72. The van der Waals surface area contributed by atoms with Crippen molar-refractivity contribution in [3.05, 3.63) is 67.0 Å². The number of aryl methyl sites for hydroxylation is 1. The van der Waals surface area contributed by atoms with Gasteiger partial charge in [-0.15, -0.1) is 0 Å². The molecule has 8 heteroatoms. The van der Waals surface area contributed by atoms with E-state index in [0.29, 0.717) is 35.5 Å². The smallest absolute Gasteiger partial charge is 0.303 e. The zero-order chi connectivity index (χ0) is 27.2. The summed E-state index contributed by atoms with van der Waals surface area (Å²) in [6.07, 6.45) is 6.23. The molecule has 0 amide bonds. The summed E-state index contributed by atoms with van der Waals surface area (Å²) in [6.45, 7) is 3.62. The molecule has 3 aromatic carbocycles. The van der Waals surface area contributed by atoms with Crippen molar-refractivity contribution in [3.63, 3.8) is 0 Å². The van der Waals surface area contributed by atoms with Gasteiger partial charge in [-0.05, 0) is 43.2 Å². The van der Waals surface area contributed by atoms with Gasteiger partial charge in [0.15, 0.2) is 5.58 Å². The molecule has 2 N–H and O–H groups in total. The number of carboxylic acids is 1. The Bertz CT molecular complexity index is 2030. The lowest BCUT2D eigenvalue weighted by atomic mass is 10.0. The van der Waals surface area contributed by atoms with Gasteiger partial charge in [0.25, 0.3) is 0 Å². The van der Waals surface area contributed by atoms with Crippen molar-refractivity contribution in [2.24, 2.45) is 0 Å². The topological polar surface area (TPSA) is 106 Å². The Balaban J connectivity index is 1.58. The van der Waals surface area contributed by atoms with Crippen molar-refractivity contribution in [1.82, 2.24) is 14.5 Å². The van der Waals surface area contributed by atoms with E-state index in [0.717, 1.165) is 68.8 Å².